The van der Waals surface area contributed by atoms with Crippen LogP contribution in [0.15, 0.2) is 24.4 Å². The molecule has 0 bridgehead atoms. The number of likely N-dealkylation sites (N-methyl/N-ethyl adjacent to an activating group) is 1. The molecule has 2 nitrogen and oxygen atoms in total. The first-order valence-electron chi connectivity index (χ1n) is 7.19. The number of hydrogen-bond acceptors (Lipinski definition) is 1. The van der Waals surface area contributed by atoms with E-state index >= 15 is 0 Å². The van der Waals surface area contributed by atoms with Crippen LogP contribution in [0.5, 0.6) is 0 Å². The number of likely N-dealkylation sites (tertiary alicyclic amines) is 1. The van der Waals surface area contributed by atoms with E-state index in [-0.39, 0.29) is 5.82 Å². The summed E-state index contributed by atoms with van der Waals surface area (Å²) in [5.41, 5.74) is 2.26. The molecule has 0 spiro atoms. The molecule has 2 aromatic rings. The molecule has 0 aliphatic carbocycles. The van der Waals surface area contributed by atoms with Crippen molar-refractivity contribution in [3.8, 4) is 0 Å². The summed E-state index contributed by atoms with van der Waals surface area (Å²) in [6.45, 7) is 6.75. The summed E-state index contributed by atoms with van der Waals surface area (Å²) in [6, 6.07) is 5.74. The molecule has 1 N–H and O–H groups in total. The van der Waals surface area contributed by atoms with Crippen LogP contribution in [-0.2, 0) is 0 Å². The number of nitrogens with zero attached hydrogens (tertiary/aromatic N) is 1. The van der Waals surface area contributed by atoms with Crippen molar-refractivity contribution in [3.63, 3.8) is 0 Å². The largest absolute Gasteiger partial charge is 0.361 e. The van der Waals surface area contributed by atoms with Crippen molar-refractivity contribution in [2.75, 3.05) is 13.1 Å². The number of aromatic amines is 1. The molecule has 3 heteroatoms. The van der Waals surface area contributed by atoms with E-state index in [1.54, 1.807) is 12.1 Å². The van der Waals surface area contributed by atoms with Crippen LogP contribution in [0.1, 0.15) is 38.2 Å². The third kappa shape index (κ3) is 2.27. The number of piperidine rings is 1. The smallest absolute Gasteiger partial charge is 0.125 e. The lowest BCUT2D eigenvalue weighted by Gasteiger charge is -2.37. The third-order valence-electron chi connectivity index (χ3n) is 4.53. The van der Waals surface area contributed by atoms with Crippen molar-refractivity contribution in [1.29, 1.82) is 0 Å². The average Bonchev–Trinajstić information content (AvgIpc) is 2.82. The van der Waals surface area contributed by atoms with Crippen molar-refractivity contribution in [2.45, 2.75) is 38.6 Å². The maximum Gasteiger partial charge on any atom is 0.125 e. The fourth-order valence-corrected chi connectivity index (χ4v) is 3.33. The van der Waals surface area contributed by atoms with E-state index in [9.17, 15) is 4.39 Å². The maximum atomic E-state index is 13.2. The van der Waals surface area contributed by atoms with E-state index in [2.05, 4.69) is 29.9 Å². The van der Waals surface area contributed by atoms with Gasteiger partial charge < -0.3 is 9.88 Å². The molecular formula is C16H21FN2. The highest BCUT2D eigenvalue weighted by molar-refractivity contribution is 5.83. The lowest BCUT2D eigenvalue weighted by Crippen LogP contribution is -2.40. The van der Waals surface area contributed by atoms with Gasteiger partial charge in [-0.3, -0.25) is 0 Å². The van der Waals surface area contributed by atoms with Gasteiger partial charge in [-0.15, -0.1) is 0 Å². The van der Waals surface area contributed by atoms with Gasteiger partial charge in [0.25, 0.3) is 0 Å². The van der Waals surface area contributed by atoms with Gasteiger partial charge in [0.2, 0.25) is 0 Å². The lowest BCUT2D eigenvalue weighted by molar-refractivity contribution is 0.152. The highest BCUT2D eigenvalue weighted by atomic mass is 19.1. The number of benzene rings is 1. The van der Waals surface area contributed by atoms with E-state index in [1.807, 2.05) is 6.07 Å². The van der Waals surface area contributed by atoms with Crippen molar-refractivity contribution in [2.24, 2.45) is 0 Å². The molecule has 0 saturated carbocycles. The minimum Gasteiger partial charge on any atom is -0.361 e. The molecule has 0 amide bonds. The number of hydrogen-bond donors (Lipinski definition) is 1. The Bertz CT molecular complexity index is 575. The number of H-pyrrole nitrogens is 1. The monoisotopic (exact) mass is 260 g/mol. The Morgan fingerprint density at radius 2 is 2.21 bits per heavy atom. The maximum absolute atomic E-state index is 13.2. The summed E-state index contributed by atoms with van der Waals surface area (Å²) in [6.07, 6.45) is 4.53. The molecule has 19 heavy (non-hydrogen) atoms. The minimum absolute atomic E-state index is 0.173. The Kier molecular flexibility index (Phi) is 3.31. The average molecular weight is 260 g/mol. The second kappa shape index (κ2) is 4.97. The normalized spacial score (nSPS) is 25.0. The van der Waals surface area contributed by atoms with Gasteiger partial charge in [-0.05, 0) is 56.0 Å². The fraction of sp³-hybridized carbons (Fsp3) is 0.500. The summed E-state index contributed by atoms with van der Waals surface area (Å²) >= 11 is 0. The Balaban J connectivity index is 1.92. The minimum atomic E-state index is -0.173. The zero-order chi connectivity index (χ0) is 13.4. The third-order valence-corrected chi connectivity index (χ3v) is 4.53. The van der Waals surface area contributed by atoms with E-state index in [0.29, 0.717) is 12.0 Å². The molecule has 2 atom stereocenters. The zero-order valence-electron chi connectivity index (χ0n) is 11.6. The number of rotatable bonds is 2. The molecule has 0 radical (unpaired) electrons. The Hall–Kier alpha value is -1.35. The summed E-state index contributed by atoms with van der Waals surface area (Å²) in [5.74, 6) is 0.392. The predicted molar refractivity (Wildman–Crippen MR) is 76.9 cm³/mol. The summed E-state index contributed by atoms with van der Waals surface area (Å²) < 4.78 is 13.2. The first-order chi connectivity index (χ1) is 9.19. The lowest BCUT2D eigenvalue weighted by atomic mass is 9.87. The van der Waals surface area contributed by atoms with Crippen LogP contribution in [0, 0.1) is 5.82 Å². The van der Waals surface area contributed by atoms with Gasteiger partial charge in [-0.1, -0.05) is 6.92 Å². The van der Waals surface area contributed by atoms with Gasteiger partial charge in [0.1, 0.15) is 5.82 Å². The molecule has 1 aromatic heterocycles. The first kappa shape index (κ1) is 12.7. The van der Waals surface area contributed by atoms with Crippen LogP contribution in [0.4, 0.5) is 4.39 Å². The fourth-order valence-electron chi connectivity index (χ4n) is 3.33. The summed E-state index contributed by atoms with van der Waals surface area (Å²) in [4.78, 5) is 5.75. The highest BCUT2D eigenvalue weighted by Gasteiger charge is 2.26. The Labute approximate surface area is 113 Å². The van der Waals surface area contributed by atoms with E-state index in [4.69, 9.17) is 0 Å². The topological polar surface area (TPSA) is 19.0 Å². The second-order valence-electron chi connectivity index (χ2n) is 5.64. The van der Waals surface area contributed by atoms with Crippen LogP contribution in [-0.4, -0.2) is 29.0 Å². The summed E-state index contributed by atoms with van der Waals surface area (Å²) in [7, 11) is 0. The van der Waals surface area contributed by atoms with E-state index in [0.717, 1.165) is 18.6 Å². The molecular weight excluding hydrogens is 239 g/mol. The molecule has 1 aliphatic rings. The van der Waals surface area contributed by atoms with Gasteiger partial charge in [0.15, 0.2) is 0 Å². The van der Waals surface area contributed by atoms with Gasteiger partial charge in [0.05, 0.1) is 0 Å². The Morgan fingerprint density at radius 1 is 1.37 bits per heavy atom. The summed E-state index contributed by atoms with van der Waals surface area (Å²) in [5, 5.41) is 1.18. The standard InChI is InChI=1S/C16H21FN2/c1-3-19-10-12(5-4-11(19)2)15-9-18-16-8-13(17)6-7-14(15)16/h6-9,11-12,18H,3-5,10H2,1-2H3/t11-,12+/m1/s1. The van der Waals surface area contributed by atoms with Crippen LogP contribution in [0.25, 0.3) is 10.9 Å². The number of fused-ring (bicyclic) bond motifs is 1. The van der Waals surface area contributed by atoms with Crippen molar-refractivity contribution < 1.29 is 4.39 Å². The van der Waals surface area contributed by atoms with Crippen LogP contribution in [0.3, 0.4) is 0 Å². The number of aromatic nitrogens is 1. The van der Waals surface area contributed by atoms with Crippen LogP contribution in [0.2, 0.25) is 0 Å². The molecule has 102 valence electrons. The van der Waals surface area contributed by atoms with Crippen LogP contribution < -0.4 is 0 Å². The molecule has 1 fully saturated rings. The van der Waals surface area contributed by atoms with Crippen molar-refractivity contribution >= 4 is 10.9 Å². The Morgan fingerprint density at radius 3 is 3.00 bits per heavy atom. The van der Waals surface area contributed by atoms with Gasteiger partial charge in [-0.2, -0.15) is 0 Å². The number of nitrogens with one attached hydrogen (secondary N) is 1. The number of halogens is 1. The predicted octanol–water partition coefficient (Wildman–Crippen LogP) is 3.89. The molecule has 3 rings (SSSR count). The van der Waals surface area contributed by atoms with E-state index in [1.165, 1.54) is 23.8 Å². The van der Waals surface area contributed by atoms with Crippen molar-refractivity contribution in [3.05, 3.63) is 35.8 Å². The van der Waals surface area contributed by atoms with Gasteiger partial charge >= 0.3 is 0 Å². The van der Waals surface area contributed by atoms with Gasteiger partial charge in [-0.25, -0.2) is 4.39 Å². The quantitative estimate of drug-likeness (QED) is 0.867. The highest BCUT2D eigenvalue weighted by Crippen LogP contribution is 2.34. The molecule has 1 saturated heterocycles. The molecule has 2 heterocycles. The first-order valence-corrected chi connectivity index (χ1v) is 7.19. The SMILES string of the molecule is CCN1C[C@@H](c2c[nH]c3cc(F)ccc23)CC[C@H]1C. The second-order valence-corrected chi connectivity index (χ2v) is 5.64. The van der Waals surface area contributed by atoms with Crippen LogP contribution >= 0.6 is 0 Å². The van der Waals surface area contributed by atoms with Crippen molar-refractivity contribution in [1.82, 2.24) is 9.88 Å². The zero-order valence-corrected chi connectivity index (χ0v) is 11.6. The molecule has 0 unspecified atom stereocenters. The molecule has 1 aromatic carbocycles. The van der Waals surface area contributed by atoms with E-state index < -0.39 is 0 Å². The van der Waals surface area contributed by atoms with Gasteiger partial charge in [0, 0.05) is 29.7 Å². The molecule has 1 aliphatic heterocycles.